The van der Waals surface area contributed by atoms with Gasteiger partial charge in [0.05, 0.1) is 17.0 Å². The monoisotopic (exact) mass is 524 g/mol. The van der Waals surface area contributed by atoms with Crippen molar-refractivity contribution in [2.24, 2.45) is 0 Å². The number of imidazole rings is 1. The molecule has 9 nitrogen and oxygen atoms in total. The molecule has 2 N–H and O–H groups in total. The minimum atomic E-state index is -4.50. The van der Waals surface area contributed by atoms with Gasteiger partial charge in [0.25, 0.3) is 0 Å². The fraction of sp³-hybridized carbons (Fsp3) is 0.423. The van der Waals surface area contributed by atoms with E-state index in [0.717, 1.165) is 28.9 Å². The van der Waals surface area contributed by atoms with E-state index in [9.17, 15) is 27.6 Å². The van der Waals surface area contributed by atoms with Crippen LogP contribution in [0.2, 0.25) is 0 Å². The van der Waals surface area contributed by atoms with Gasteiger partial charge >= 0.3 is 12.2 Å². The van der Waals surface area contributed by atoms with Crippen LogP contribution in [0.4, 0.5) is 23.7 Å². The molecule has 4 amide bonds. The van der Waals surface area contributed by atoms with Gasteiger partial charge in [-0.2, -0.15) is 18.3 Å². The summed E-state index contributed by atoms with van der Waals surface area (Å²) < 4.78 is 41.8. The average Bonchev–Trinajstić information content (AvgIpc) is 3.41. The number of hydrogen-bond acceptors (Lipinski definition) is 5. The highest BCUT2D eigenvalue weighted by molar-refractivity contribution is 6.09. The van der Waals surface area contributed by atoms with Crippen molar-refractivity contribution >= 4 is 29.2 Å². The third kappa shape index (κ3) is 3.42. The Bertz CT molecular complexity index is 1530. The first-order valence-electron chi connectivity index (χ1n) is 12.6. The molecule has 12 heteroatoms. The normalized spacial score (nSPS) is 25.8. The van der Waals surface area contributed by atoms with Crippen LogP contribution in [0.3, 0.4) is 0 Å². The van der Waals surface area contributed by atoms with Crippen molar-refractivity contribution in [2.75, 3.05) is 18.0 Å². The smallest absolute Gasteiger partial charge is 0.337 e. The molecule has 4 aliphatic rings. The van der Waals surface area contributed by atoms with Crippen molar-refractivity contribution in [2.45, 2.75) is 55.0 Å². The number of imide groups is 1. The first kappa shape index (κ1) is 23.2. The topological polar surface area (TPSA) is 109 Å². The summed E-state index contributed by atoms with van der Waals surface area (Å²) in [6.45, 7) is -1.17. The number of fused-ring (bicyclic) bond motifs is 3. The number of amides is 4. The Morgan fingerprint density at radius 1 is 1.11 bits per heavy atom. The maximum absolute atomic E-state index is 13.4. The fourth-order valence-corrected chi connectivity index (χ4v) is 6.32. The largest absolute Gasteiger partial charge is 0.406 e. The van der Waals surface area contributed by atoms with Gasteiger partial charge in [0, 0.05) is 30.2 Å². The van der Waals surface area contributed by atoms with Crippen molar-refractivity contribution in [1.82, 2.24) is 25.2 Å². The molecule has 1 unspecified atom stereocenters. The highest BCUT2D eigenvalue weighted by atomic mass is 19.4. The highest BCUT2D eigenvalue weighted by Gasteiger charge is 2.56. The average molecular weight is 525 g/mol. The minimum Gasteiger partial charge on any atom is -0.337 e. The molecule has 2 aliphatic heterocycles. The van der Waals surface area contributed by atoms with E-state index < -0.39 is 41.9 Å². The van der Waals surface area contributed by atoms with Crippen molar-refractivity contribution in [3.05, 3.63) is 59.0 Å². The standard InChI is InChI=1S/C26H23F3N6O3/c27-26(28,29)12-34-20-8-13(2-3-18(20)25(23(34)37)4-1-5-25)14-9-15(14)16-10-19(33-35-7-6-30-21(16)35)17-11-31-24(38)32-22(17)36/h2-3,6-8,10,14-15,17H,1,4-5,9,11-12H2,(H2,31,32,36,38)/t14-,15+,17?/m1/s1. The Morgan fingerprint density at radius 2 is 1.92 bits per heavy atom. The molecular formula is C26H23F3N6O3. The molecule has 1 saturated heterocycles. The SMILES string of the molecule is O=C1NCC(c2cc([C@H]3C[C@@H]3c3ccc4c(c3)N(CC(F)(F)F)C(=O)C43CCC3)c3nccn3n2)C(=O)N1. The summed E-state index contributed by atoms with van der Waals surface area (Å²) in [5, 5.41) is 9.41. The first-order valence-corrected chi connectivity index (χ1v) is 12.6. The van der Waals surface area contributed by atoms with Crippen molar-refractivity contribution in [3.63, 3.8) is 0 Å². The number of nitrogens with zero attached hydrogens (tertiary/aromatic N) is 4. The Hall–Kier alpha value is -3.96. The lowest BCUT2D eigenvalue weighted by Gasteiger charge is -2.37. The molecule has 196 valence electrons. The number of rotatable bonds is 4. The van der Waals surface area contributed by atoms with Gasteiger partial charge in [-0.3, -0.25) is 14.9 Å². The van der Waals surface area contributed by atoms with Gasteiger partial charge in [0.15, 0.2) is 5.65 Å². The van der Waals surface area contributed by atoms with Gasteiger partial charge in [0.1, 0.15) is 6.54 Å². The van der Waals surface area contributed by atoms with Gasteiger partial charge < -0.3 is 10.2 Å². The maximum Gasteiger partial charge on any atom is 0.406 e. The molecule has 3 atom stereocenters. The van der Waals surface area contributed by atoms with Crippen LogP contribution in [0.5, 0.6) is 0 Å². The number of benzene rings is 1. The van der Waals surface area contributed by atoms with Gasteiger partial charge in [-0.25, -0.2) is 14.3 Å². The summed E-state index contributed by atoms with van der Waals surface area (Å²) in [7, 11) is 0. The van der Waals surface area contributed by atoms with E-state index in [0.29, 0.717) is 35.4 Å². The number of carbonyl (C=O) groups excluding carboxylic acids is 3. The molecule has 38 heavy (non-hydrogen) atoms. The second kappa shape index (κ2) is 7.78. The minimum absolute atomic E-state index is 0.0202. The Kier molecular flexibility index (Phi) is 4.74. The lowest BCUT2D eigenvalue weighted by atomic mass is 9.65. The van der Waals surface area contributed by atoms with E-state index in [4.69, 9.17) is 0 Å². The quantitative estimate of drug-likeness (QED) is 0.545. The second-order valence-electron chi connectivity index (χ2n) is 10.6. The highest BCUT2D eigenvalue weighted by Crippen LogP contribution is 2.59. The molecule has 3 aromatic rings. The number of nitrogens with one attached hydrogen (secondary N) is 2. The number of carbonyl (C=O) groups is 3. The Labute approximate surface area is 214 Å². The molecule has 2 aliphatic carbocycles. The van der Waals surface area contributed by atoms with Crippen LogP contribution in [-0.2, 0) is 15.0 Å². The van der Waals surface area contributed by atoms with Gasteiger partial charge in [0.2, 0.25) is 11.8 Å². The van der Waals surface area contributed by atoms with Gasteiger partial charge in [-0.1, -0.05) is 18.6 Å². The second-order valence-corrected chi connectivity index (χ2v) is 10.6. The van der Waals surface area contributed by atoms with Crippen molar-refractivity contribution < 1.29 is 27.6 Å². The number of urea groups is 1. The van der Waals surface area contributed by atoms with Crippen LogP contribution in [0, 0.1) is 0 Å². The molecule has 2 saturated carbocycles. The zero-order valence-corrected chi connectivity index (χ0v) is 20.1. The number of hydrogen-bond donors (Lipinski definition) is 2. The van der Waals surface area contributed by atoms with Crippen LogP contribution in [0.25, 0.3) is 5.65 Å². The van der Waals surface area contributed by atoms with E-state index >= 15 is 0 Å². The lowest BCUT2D eigenvalue weighted by molar-refractivity contribution is -0.136. The van der Waals surface area contributed by atoms with Crippen LogP contribution < -0.4 is 15.5 Å². The van der Waals surface area contributed by atoms with Crippen LogP contribution >= 0.6 is 0 Å². The molecule has 2 aromatic heterocycles. The molecule has 7 rings (SSSR count). The number of aromatic nitrogens is 3. The summed E-state index contributed by atoms with van der Waals surface area (Å²) in [5.74, 6) is -1.49. The predicted octanol–water partition coefficient (Wildman–Crippen LogP) is 3.25. The molecule has 0 radical (unpaired) electrons. The molecule has 1 aromatic carbocycles. The number of halogens is 3. The molecule has 4 heterocycles. The van der Waals surface area contributed by atoms with Crippen LogP contribution in [0.1, 0.15) is 65.8 Å². The molecule has 1 spiro atoms. The van der Waals surface area contributed by atoms with E-state index in [2.05, 4.69) is 20.7 Å². The van der Waals surface area contributed by atoms with Crippen LogP contribution in [0.15, 0.2) is 36.7 Å². The fourth-order valence-electron chi connectivity index (χ4n) is 6.32. The van der Waals surface area contributed by atoms with Crippen molar-refractivity contribution in [1.29, 1.82) is 0 Å². The third-order valence-corrected chi connectivity index (χ3v) is 8.43. The summed E-state index contributed by atoms with van der Waals surface area (Å²) in [6.07, 6.45) is 1.53. The predicted molar refractivity (Wildman–Crippen MR) is 128 cm³/mol. The number of anilines is 1. The van der Waals surface area contributed by atoms with E-state index in [1.54, 1.807) is 23.0 Å². The molecule has 3 fully saturated rings. The van der Waals surface area contributed by atoms with E-state index in [1.807, 2.05) is 18.2 Å². The summed E-state index contributed by atoms with van der Waals surface area (Å²) in [5.41, 5.74) is 3.14. The summed E-state index contributed by atoms with van der Waals surface area (Å²) in [6, 6.07) is 6.82. The van der Waals surface area contributed by atoms with Gasteiger partial charge in [-0.15, -0.1) is 0 Å². The van der Waals surface area contributed by atoms with Crippen LogP contribution in [-0.4, -0.2) is 51.7 Å². The van der Waals surface area contributed by atoms with Gasteiger partial charge in [-0.05, 0) is 54.4 Å². The van der Waals surface area contributed by atoms with E-state index in [-0.39, 0.29) is 18.4 Å². The molecule has 0 bridgehead atoms. The summed E-state index contributed by atoms with van der Waals surface area (Å²) >= 11 is 0. The molecular weight excluding hydrogens is 501 g/mol. The maximum atomic E-state index is 13.4. The Balaban J connectivity index is 1.23. The first-order chi connectivity index (χ1) is 18.1. The zero-order valence-electron chi connectivity index (χ0n) is 20.1. The Morgan fingerprint density at radius 3 is 2.63 bits per heavy atom. The zero-order chi connectivity index (χ0) is 26.4. The van der Waals surface area contributed by atoms with E-state index in [1.165, 1.54) is 0 Å². The van der Waals surface area contributed by atoms with Crippen molar-refractivity contribution in [3.8, 4) is 0 Å². The third-order valence-electron chi connectivity index (χ3n) is 8.43. The summed E-state index contributed by atoms with van der Waals surface area (Å²) in [4.78, 5) is 42.4. The number of alkyl halides is 3. The lowest BCUT2D eigenvalue weighted by Crippen LogP contribution is -2.51.